The Hall–Kier alpha value is -2.67. The van der Waals surface area contributed by atoms with Gasteiger partial charge >= 0.3 is 5.97 Å². The van der Waals surface area contributed by atoms with Gasteiger partial charge in [0.25, 0.3) is 5.89 Å². The van der Waals surface area contributed by atoms with Gasteiger partial charge < -0.3 is 9.15 Å². The molecule has 3 aromatic rings. The molecule has 0 atom stereocenters. The summed E-state index contributed by atoms with van der Waals surface area (Å²) in [5, 5.41) is 12.4. The van der Waals surface area contributed by atoms with E-state index in [0.717, 1.165) is 18.4 Å². The zero-order chi connectivity index (χ0) is 18.5. The number of carbonyl (C=O) groups excluding carboxylic acids is 1. The van der Waals surface area contributed by atoms with E-state index in [1.54, 1.807) is 11.6 Å². The molecular formula is C18H19ClN4O3. The topological polar surface area (TPSA) is 83.0 Å². The number of nitrogens with zero attached hydrogens (tertiary/aromatic N) is 4. The average Bonchev–Trinajstić information content (AvgIpc) is 3.23. The van der Waals surface area contributed by atoms with Gasteiger partial charge in [-0.15, -0.1) is 10.2 Å². The molecule has 0 unspecified atom stereocenters. The Kier molecular flexibility index (Phi) is 5.68. The van der Waals surface area contributed by atoms with Crippen LogP contribution in [0.3, 0.4) is 0 Å². The van der Waals surface area contributed by atoms with Gasteiger partial charge in [0, 0.05) is 12.1 Å². The number of hydrogen-bond acceptors (Lipinski definition) is 6. The lowest BCUT2D eigenvalue weighted by atomic mass is 10.2. The first-order valence-corrected chi connectivity index (χ1v) is 8.75. The highest BCUT2D eigenvalue weighted by atomic mass is 35.5. The van der Waals surface area contributed by atoms with Crippen molar-refractivity contribution < 1.29 is 13.9 Å². The number of aromatic nitrogens is 4. The van der Waals surface area contributed by atoms with Crippen LogP contribution in [-0.4, -0.2) is 25.9 Å². The molecule has 7 nitrogen and oxygen atoms in total. The van der Waals surface area contributed by atoms with E-state index in [9.17, 15) is 4.79 Å². The summed E-state index contributed by atoms with van der Waals surface area (Å²) in [6.45, 7) is 4.33. The molecule has 0 fully saturated rings. The molecule has 2 aromatic heterocycles. The minimum atomic E-state index is -0.560. The van der Waals surface area contributed by atoms with Gasteiger partial charge in [-0.2, -0.15) is 5.10 Å². The molecule has 3 rings (SSSR count). The highest BCUT2D eigenvalue weighted by molar-refractivity contribution is 6.32. The van der Waals surface area contributed by atoms with Crippen molar-refractivity contribution in [2.45, 2.75) is 39.8 Å². The number of carbonyl (C=O) groups is 1. The maximum absolute atomic E-state index is 12.4. The zero-order valence-corrected chi connectivity index (χ0v) is 15.4. The summed E-state index contributed by atoms with van der Waals surface area (Å²) in [7, 11) is 0. The third kappa shape index (κ3) is 3.94. The second-order valence-electron chi connectivity index (χ2n) is 5.77. The first kappa shape index (κ1) is 18.1. The molecule has 8 heteroatoms. The summed E-state index contributed by atoms with van der Waals surface area (Å²) >= 11 is 6.27. The Balaban J connectivity index is 1.66. The largest absolute Gasteiger partial charge is 0.452 e. The molecule has 136 valence electrons. The summed E-state index contributed by atoms with van der Waals surface area (Å²) in [6, 6.07) is 9.37. The third-order valence-corrected chi connectivity index (χ3v) is 4.19. The number of esters is 1. The Morgan fingerprint density at radius 1 is 1.27 bits per heavy atom. The average molecular weight is 375 g/mol. The van der Waals surface area contributed by atoms with Crippen LogP contribution in [-0.2, 0) is 17.9 Å². The molecule has 0 saturated carbocycles. The van der Waals surface area contributed by atoms with Gasteiger partial charge in [-0.25, -0.2) is 4.79 Å². The standard InChI is InChI=1S/C18H19ClN4O3/c1-3-4-10-23-16(19)15(12(2)22-23)18(24)25-11-14-20-21-17(26-14)13-8-6-5-7-9-13/h5-9H,3-4,10-11H2,1-2H3. The Morgan fingerprint density at radius 3 is 2.77 bits per heavy atom. The van der Waals surface area contributed by atoms with E-state index in [2.05, 4.69) is 22.2 Å². The molecule has 26 heavy (non-hydrogen) atoms. The van der Waals surface area contributed by atoms with E-state index >= 15 is 0 Å². The van der Waals surface area contributed by atoms with Crippen molar-refractivity contribution in [1.82, 2.24) is 20.0 Å². The Bertz CT molecular complexity index is 889. The van der Waals surface area contributed by atoms with Gasteiger partial charge in [0.2, 0.25) is 5.89 Å². The predicted octanol–water partition coefficient (Wildman–Crippen LogP) is 4.05. The Morgan fingerprint density at radius 2 is 2.04 bits per heavy atom. The number of unbranched alkanes of at least 4 members (excludes halogenated alkanes) is 1. The van der Waals surface area contributed by atoms with Crippen molar-refractivity contribution in [2.75, 3.05) is 0 Å². The normalized spacial score (nSPS) is 10.9. The van der Waals surface area contributed by atoms with Crippen molar-refractivity contribution in [2.24, 2.45) is 0 Å². The molecule has 0 bridgehead atoms. The first-order chi connectivity index (χ1) is 12.6. The number of benzene rings is 1. The summed E-state index contributed by atoms with van der Waals surface area (Å²) in [5.74, 6) is 0.0253. The fourth-order valence-electron chi connectivity index (χ4n) is 2.45. The van der Waals surface area contributed by atoms with Crippen LogP contribution in [0.2, 0.25) is 5.15 Å². The van der Waals surface area contributed by atoms with Crippen molar-refractivity contribution in [3.8, 4) is 11.5 Å². The van der Waals surface area contributed by atoms with Gasteiger partial charge in [0.15, 0.2) is 6.61 Å². The highest BCUT2D eigenvalue weighted by Gasteiger charge is 2.22. The van der Waals surface area contributed by atoms with Crippen molar-refractivity contribution in [3.63, 3.8) is 0 Å². The SMILES string of the molecule is CCCCn1nc(C)c(C(=O)OCc2nnc(-c3ccccc3)o2)c1Cl. The molecule has 0 spiro atoms. The van der Waals surface area contributed by atoms with Crippen LogP contribution >= 0.6 is 11.6 Å². The van der Waals surface area contributed by atoms with Crippen LogP contribution in [0.4, 0.5) is 0 Å². The van der Waals surface area contributed by atoms with Crippen LogP contribution in [0.1, 0.15) is 41.7 Å². The van der Waals surface area contributed by atoms with E-state index in [0.29, 0.717) is 18.1 Å². The van der Waals surface area contributed by atoms with Gasteiger partial charge in [-0.05, 0) is 25.5 Å². The molecule has 2 heterocycles. The molecule has 0 aliphatic carbocycles. The number of rotatable bonds is 7. The molecule has 0 aliphatic rings. The molecule has 0 saturated heterocycles. The Labute approximate surface area is 155 Å². The molecular weight excluding hydrogens is 356 g/mol. The summed E-state index contributed by atoms with van der Waals surface area (Å²) in [6.07, 6.45) is 1.94. The van der Waals surface area contributed by atoms with Crippen LogP contribution < -0.4 is 0 Å². The van der Waals surface area contributed by atoms with E-state index < -0.39 is 5.97 Å². The predicted molar refractivity (Wildman–Crippen MR) is 95.7 cm³/mol. The number of halogens is 1. The van der Waals surface area contributed by atoms with Gasteiger partial charge in [0.05, 0.1) is 5.69 Å². The van der Waals surface area contributed by atoms with Crippen molar-refractivity contribution >= 4 is 17.6 Å². The third-order valence-electron chi connectivity index (χ3n) is 3.81. The lowest BCUT2D eigenvalue weighted by Gasteiger charge is -2.03. The summed E-state index contributed by atoms with van der Waals surface area (Å²) in [4.78, 5) is 12.4. The fourth-order valence-corrected chi connectivity index (χ4v) is 2.79. The minimum Gasteiger partial charge on any atom is -0.452 e. The van der Waals surface area contributed by atoms with E-state index in [1.165, 1.54) is 0 Å². The van der Waals surface area contributed by atoms with Gasteiger partial charge in [-0.1, -0.05) is 43.1 Å². The van der Waals surface area contributed by atoms with Crippen molar-refractivity contribution in [3.05, 3.63) is 52.6 Å². The monoisotopic (exact) mass is 374 g/mol. The molecule has 0 radical (unpaired) electrons. The molecule has 0 amide bonds. The quantitative estimate of drug-likeness (QED) is 0.580. The van der Waals surface area contributed by atoms with Crippen LogP contribution in [0.25, 0.3) is 11.5 Å². The lowest BCUT2D eigenvalue weighted by molar-refractivity contribution is 0.0438. The zero-order valence-electron chi connectivity index (χ0n) is 14.6. The summed E-state index contributed by atoms with van der Waals surface area (Å²) < 4.78 is 12.4. The minimum absolute atomic E-state index is 0.130. The highest BCUT2D eigenvalue weighted by Crippen LogP contribution is 2.22. The lowest BCUT2D eigenvalue weighted by Crippen LogP contribution is -2.07. The van der Waals surface area contributed by atoms with Gasteiger partial charge in [0.1, 0.15) is 10.7 Å². The maximum Gasteiger partial charge on any atom is 0.343 e. The molecule has 0 N–H and O–H groups in total. The molecule has 1 aromatic carbocycles. The second-order valence-corrected chi connectivity index (χ2v) is 6.13. The van der Waals surface area contributed by atoms with E-state index in [4.69, 9.17) is 20.8 Å². The fraction of sp³-hybridized carbons (Fsp3) is 0.333. The number of aryl methyl sites for hydroxylation is 2. The number of hydrogen-bond donors (Lipinski definition) is 0. The second kappa shape index (κ2) is 8.14. The van der Waals surface area contributed by atoms with Gasteiger partial charge in [-0.3, -0.25) is 4.68 Å². The first-order valence-electron chi connectivity index (χ1n) is 8.38. The number of ether oxygens (including phenoxy) is 1. The van der Waals surface area contributed by atoms with Crippen LogP contribution in [0.5, 0.6) is 0 Å². The van der Waals surface area contributed by atoms with Crippen molar-refractivity contribution in [1.29, 1.82) is 0 Å². The van der Waals surface area contributed by atoms with Crippen LogP contribution in [0.15, 0.2) is 34.7 Å². The van der Waals surface area contributed by atoms with E-state index in [-0.39, 0.29) is 23.2 Å². The van der Waals surface area contributed by atoms with E-state index in [1.807, 2.05) is 30.3 Å². The summed E-state index contributed by atoms with van der Waals surface area (Å²) in [5.41, 5.74) is 1.60. The smallest absolute Gasteiger partial charge is 0.343 e. The molecule has 0 aliphatic heterocycles. The van der Waals surface area contributed by atoms with Crippen LogP contribution in [0, 0.1) is 6.92 Å². The maximum atomic E-state index is 12.4.